The molecule has 3 nitrogen and oxygen atoms in total. The van der Waals surface area contributed by atoms with E-state index in [9.17, 15) is 4.39 Å². The molecule has 2 rings (SSSR count). The molecule has 0 fully saturated rings. The molecule has 0 aliphatic heterocycles. The summed E-state index contributed by atoms with van der Waals surface area (Å²) < 4.78 is 16.2. The van der Waals surface area contributed by atoms with Gasteiger partial charge in [0.25, 0.3) is 0 Å². The van der Waals surface area contributed by atoms with E-state index in [1.54, 1.807) is 19.3 Å². The zero-order chi connectivity index (χ0) is 12.7. The van der Waals surface area contributed by atoms with Crippen LogP contribution < -0.4 is 5.73 Å². The van der Waals surface area contributed by atoms with Gasteiger partial charge < -0.3 is 5.73 Å². The number of nitrogens with two attached hydrogens (primary N) is 1. The van der Waals surface area contributed by atoms with Gasteiger partial charge in [0, 0.05) is 18.2 Å². The second-order valence-electron chi connectivity index (χ2n) is 4.06. The molecule has 0 spiro atoms. The van der Waals surface area contributed by atoms with Gasteiger partial charge in [-0.1, -0.05) is 0 Å². The van der Waals surface area contributed by atoms with Crippen LogP contribution in [-0.2, 0) is 7.05 Å². The first-order valence-corrected chi connectivity index (χ1v) is 5.95. The molecule has 0 atom stereocenters. The van der Waals surface area contributed by atoms with Gasteiger partial charge in [-0.25, -0.2) is 4.39 Å². The van der Waals surface area contributed by atoms with E-state index in [0.29, 0.717) is 21.4 Å². The highest BCUT2D eigenvalue weighted by molar-refractivity contribution is 9.10. The van der Waals surface area contributed by atoms with Crippen molar-refractivity contribution < 1.29 is 4.39 Å². The summed E-state index contributed by atoms with van der Waals surface area (Å²) in [6.45, 7) is 3.82. The van der Waals surface area contributed by atoms with Gasteiger partial charge in [-0.3, -0.25) is 4.68 Å². The quantitative estimate of drug-likeness (QED) is 0.878. The number of halogens is 2. The Morgan fingerprint density at radius 3 is 2.59 bits per heavy atom. The van der Waals surface area contributed by atoms with Crippen LogP contribution in [0.2, 0.25) is 0 Å². The molecule has 1 heterocycles. The number of benzene rings is 1. The maximum Gasteiger partial charge on any atom is 0.145 e. The molecular formula is C12H13BrFN3. The normalized spacial score (nSPS) is 10.9. The van der Waals surface area contributed by atoms with Gasteiger partial charge in [0.2, 0.25) is 0 Å². The fourth-order valence-corrected chi connectivity index (χ4v) is 2.34. The lowest BCUT2D eigenvalue weighted by atomic mass is 9.98. The second-order valence-corrected chi connectivity index (χ2v) is 4.91. The molecule has 0 amide bonds. The molecule has 0 aliphatic carbocycles. The monoisotopic (exact) mass is 297 g/mol. The minimum absolute atomic E-state index is 0.298. The minimum Gasteiger partial charge on any atom is -0.383 e. The first kappa shape index (κ1) is 12.1. The van der Waals surface area contributed by atoms with Crippen molar-refractivity contribution in [2.24, 2.45) is 7.05 Å². The summed E-state index contributed by atoms with van der Waals surface area (Å²) in [4.78, 5) is 0. The van der Waals surface area contributed by atoms with Crippen LogP contribution in [0.4, 0.5) is 10.2 Å². The van der Waals surface area contributed by atoms with Crippen LogP contribution in [0.15, 0.2) is 16.7 Å². The number of hydrogen-bond acceptors (Lipinski definition) is 2. The van der Waals surface area contributed by atoms with Gasteiger partial charge in [-0.05, 0) is 47.0 Å². The summed E-state index contributed by atoms with van der Waals surface area (Å²) in [5.74, 6) is 0.164. The van der Waals surface area contributed by atoms with Gasteiger partial charge in [-0.2, -0.15) is 5.10 Å². The van der Waals surface area contributed by atoms with Crippen molar-refractivity contribution >= 4 is 21.7 Å². The van der Waals surface area contributed by atoms with E-state index < -0.39 is 0 Å². The maximum absolute atomic E-state index is 14.2. The van der Waals surface area contributed by atoms with Crippen LogP contribution in [0.1, 0.15) is 11.1 Å². The standard InChI is InChI=1S/C12H13BrFN3/c1-6-4-9(13)11(14)10(7(6)2)8-5-16-17(3)12(8)15/h4-5H,15H2,1-3H3. The number of aryl methyl sites for hydroxylation is 2. The lowest BCUT2D eigenvalue weighted by molar-refractivity contribution is 0.623. The molecule has 0 aliphatic rings. The van der Waals surface area contributed by atoms with E-state index in [1.165, 1.54) is 4.68 Å². The summed E-state index contributed by atoms with van der Waals surface area (Å²) in [6.07, 6.45) is 1.59. The molecule has 2 N–H and O–H groups in total. The van der Waals surface area contributed by atoms with Crippen LogP contribution in [0, 0.1) is 19.7 Å². The van der Waals surface area contributed by atoms with Crippen molar-refractivity contribution in [3.05, 3.63) is 33.7 Å². The molecular weight excluding hydrogens is 285 g/mol. The Balaban J connectivity index is 2.79. The van der Waals surface area contributed by atoms with E-state index >= 15 is 0 Å². The van der Waals surface area contributed by atoms with Crippen molar-refractivity contribution in [3.63, 3.8) is 0 Å². The highest BCUT2D eigenvalue weighted by Gasteiger charge is 2.18. The number of nitrogen functional groups attached to an aromatic ring is 1. The first-order valence-electron chi connectivity index (χ1n) is 5.16. The van der Waals surface area contributed by atoms with Gasteiger partial charge in [0.1, 0.15) is 11.6 Å². The number of anilines is 1. The maximum atomic E-state index is 14.2. The average molecular weight is 298 g/mol. The zero-order valence-electron chi connectivity index (χ0n) is 9.88. The predicted octanol–water partition coefficient (Wildman–Crippen LogP) is 3.19. The fraction of sp³-hybridized carbons (Fsp3) is 0.250. The first-order chi connectivity index (χ1) is 7.93. The van der Waals surface area contributed by atoms with Crippen LogP contribution in [0.25, 0.3) is 11.1 Å². The van der Waals surface area contributed by atoms with Crippen LogP contribution in [0.3, 0.4) is 0 Å². The number of aromatic nitrogens is 2. The predicted molar refractivity (Wildman–Crippen MR) is 70.2 cm³/mol. The van der Waals surface area contributed by atoms with Crippen molar-refractivity contribution in [1.29, 1.82) is 0 Å². The van der Waals surface area contributed by atoms with Crippen LogP contribution in [0.5, 0.6) is 0 Å². The van der Waals surface area contributed by atoms with Crippen LogP contribution in [-0.4, -0.2) is 9.78 Å². The Kier molecular flexibility index (Phi) is 2.95. The Hall–Kier alpha value is -1.36. The van der Waals surface area contributed by atoms with E-state index in [-0.39, 0.29) is 5.82 Å². The number of hydrogen-bond donors (Lipinski definition) is 1. The topological polar surface area (TPSA) is 43.8 Å². The third-order valence-corrected chi connectivity index (χ3v) is 3.57. The third kappa shape index (κ3) is 1.84. The second kappa shape index (κ2) is 4.14. The summed E-state index contributed by atoms with van der Waals surface area (Å²) >= 11 is 3.22. The fourth-order valence-electron chi connectivity index (χ4n) is 1.80. The molecule has 2 aromatic rings. The number of nitrogens with zero attached hydrogens (tertiary/aromatic N) is 2. The molecule has 0 unspecified atom stereocenters. The van der Waals surface area contributed by atoms with Crippen molar-refractivity contribution in [2.45, 2.75) is 13.8 Å². The van der Waals surface area contributed by atoms with Gasteiger partial charge in [0.05, 0.1) is 10.7 Å². The largest absolute Gasteiger partial charge is 0.383 e. The van der Waals surface area contributed by atoms with E-state index in [1.807, 2.05) is 13.8 Å². The average Bonchev–Trinajstić information content (AvgIpc) is 2.59. The molecule has 0 bridgehead atoms. The Labute approximate surface area is 108 Å². The smallest absolute Gasteiger partial charge is 0.145 e. The van der Waals surface area contributed by atoms with Gasteiger partial charge in [0.15, 0.2) is 0 Å². The third-order valence-electron chi connectivity index (χ3n) is 2.99. The van der Waals surface area contributed by atoms with Gasteiger partial charge in [-0.15, -0.1) is 0 Å². The molecule has 1 aromatic heterocycles. The summed E-state index contributed by atoms with van der Waals surface area (Å²) in [7, 11) is 1.73. The highest BCUT2D eigenvalue weighted by Crippen LogP contribution is 2.35. The lowest BCUT2D eigenvalue weighted by Crippen LogP contribution is -2.00. The number of rotatable bonds is 1. The molecule has 5 heteroatoms. The highest BCUT2D eigenvalue weighted by atomic mass is 79.9. The van der Waals surface area contributed by atoms with Crippen molar-refractivity contribution in [2.75, 3.05) is 5.73 Å². The van der Waals surface area contributed by atoms with Crippen LogP contribution >= 0.6 is 15.9 Å². The molecule has 17 heavy (non-hydrogen) atoms. The molecule has 90 valence electrons. The van der Waals surface area contributed by atoms with Crippen molar-refractivity contribution in [3.8, 4) is 11.1 Å². The molecule has 1 aromatic carbocycles. The van der Waals surface area contributed by atoms with E-state index in [0.717, 1.165) is 11.1 Å². The van der Waals surface area contributed by atoms with Crippen molar-refractivity contribution in [1.82, 2.24) is 9.78 Å². The summed E-state index contributed by atoms with van der Waals surface area (Å²) in [5.41, 5.74) is 8.93. The van der Waals surface area contributed by atoms with E-state index in [2.05, 4.69) is 21.0 Å². The molecule has 0 saturated carbocycles. The Morgan fingerprint density at radius 1 is 1.41 bits per heavy atom. The van der Waals surface area contributed by atoms with E-state index in [4.69, 9.17) is 5.73 Å². The minimum atomic E-state index is -0.298. The SMILES string of the molecule is Cc1cc(Br)c(F)c(-c2cnn(C)c2N)c1C. The summed E-state index contributed by atoms with van der Waals surface area (Å²) in [6, 6.07) is 1.76. The molecule has 0 radical (unpaired) electrons. The Bertz CT molecular complexity index is 564. The Morgan fingerprint density at radius 2 is 2.06 bits per heavy atom. The summed E-state index contributed by atoms with van der Waals surface area (Å²) in [5, 5.41) is 4.04. The lowest BCUT2D eigenvalue weighted by Gasteiger charge is -2.11. The molecule has 0 saturated heterocycles. The van der Waals surface area contributed by atoms with Gasteiger partial charge >= 0.3 is 0 Å². The zero-order valence-corrected chi connectivity index (χ0v) is 11.5.